The van der Waals surface area contributed by atoms with E-state index in [-0.39, 0.29) is 0 Å². The van der Waals surface area contributed by atoms with Gasteiger partial charge in [0.15, 0.2) is 0 Å². The standard InChI is InChI=1S/C22H27O4P/c1-3-25-27(23,26-4-2)17-22(19-13-14-19)20-11-8-12-21(15-20)24-16-18-9-6-5-7-10-18/h5-12,15,17,19H,3-4,13-14,16H2,1-2H3/b22-17+. The fraction of sp³-hybridized carbons (Fsp3) is 0.364. The summed E-state index contributed by atoms with van der Waals surface area (Å²) in [6.45, 7) is 4.88. The number of allylic oxidation sites excluding steroid dienone is 1. The predicted octanol–water partition coefficient (Wildman–Crippen LogP) is 6.28. The predicted molar refractivity (Wildman–Crippen MR) is 109 cm³/mol. The van der Waals surface area contributed by atoms with Crippen molar-refractivity contribution in [3.05, 3.63) is 71.5 Å². The second kappa shape index (κ2) is 9.36. The normalized spacial score (nSPS) is 15.0. The van der Waals surface area contributed by atoms with E-state index in [1.807, 2.05) is 68.4 Å². The number of rotatable bonds is 10. The summed E-state index contributed by atoms with van der Waals surface area (Å²) >= 11 is 0. The molecule has 0 amide bonds. The van der Waals surface area contributed by atoms with Crippen molar-refractivity contribution in [2.45, 2.75) is 33.3 Å². The molecular weight excluding hydrogens is 359 g/mol. The van der Waals surface area contributed by atoms with Crippen LogP contribution in [0.5, 0.6) is 5.75 Å². The van der Waals surface area contributed by atoms with Gasteiger partial charge in [0.2, 0.25) is 0 Å². The third-order valence-corrected chi connectivity index (χ3v) is 6.18. The Morgan fingerprint density at radius 1 is 1.04 bits per heavy atom. The van der Waals surface area contributed by atoms with Crippen molar-refractivity contribution < 1.29 is 18.3 Å². The quantitative estimate of drug-likeness (QED) is 0.451. The van der Waals surface area contributed by atoms with Gasteiger partial charge in [-0.15, -0.1) is 0 Å². The van der Waals surface area contributed by atoms with Gasteiger partial charge in [0.25, 0.3) is 0 Å². The maximum absolute atomic E-state index is 13.0. The van der Waals surface area contributed by atoms with Crippen LogP contribution in [0.2, 0.25) is 0 Å². The van der Waals surface area contributed by atoms with Crippen LogP contribution in [0.1, 0.15) is 37.8 Å². The van der Waals surface area contributed by atoms with Gasteiger partial charge < -0.3 is 13.8 Å². The highest BCUT2D eigenvalue weighted by molar-refractivity contribution is 7.57. The molecular formula is C22H27O4P. The number of ether oxygens (including phenoxy) is 1. The maximum atomic E-state index is 13.0. The lowest BCUT2D eigenvalue weighted by atomic mass is 10.0. The smallest absolute Gasteiger partial charge is 0.354 e. The lowest BCUT2D eigenvalue weighted by Crippen LogP contribution is -1.97. The molecule has 1 fully saturated rings. The van der Waals surface area contributed by atoms with Gasteiger partial charge in [-0.1, -0.05) is 42.5 Å². The summed E-state index contributed by atoms with van der Waals surface area (Å²) in [5.41, 5.74) is 3.17. The van der Waals surface area contributed by atoms with Gasteiger partial charge in [0.1, 0.15) is 12.4 Å². The number of hydrogen-bond acceptors (Lipinski definition) is 4. The van der Waals surface area contributed by atoms with Crippen molar-refractivity contribution in [3.63, 3.8) is 0 Å². The van der Waals surface area contributed by atoms with E-state index in [1.165, 1.54) is 0 Å². The molecule has 1 aliphatic carbocycles. The van der Waals surface area contributed by atoms with Crippen molar-refractivity contribution in [1.29, 1.82) is 0 Å². The minimum Gasteiger partial charge on any atom is -0.489 e. The van der Waals surface area contributed by atoms with Crippen LogP contribution in [-0.2, 0) is 20.2 Å². The summed E-state index contributed by atoms with van der Waals surface area (Å²) < 4.78 is 29.8. The van der Waals surface area contributed by atoms with Crippen LogP contribution in [0.3, 0.4) is 0 Å². The molecule has 0 heterocycles. The third-order valence-electron chi connectivity index (χ3n) is 4.35. The van der Waals surface area contributed by atoms with Crippen LogP contribution in [0.4, 0.5) is 0 Å². The molecule has 0 radical (unpaired) electrons. The van der Waals surface area contributed by atoms with Crippen LogP contribution in [0.25, 0.3) is 5.57 Å². The lowest BCUT2D eigenvalue weighted by molar-refractivity contribution is 0.229. The molecule has 1 saturated carbocycles. The van der Waals surface area contributed by atoms with Gasteiger partial charge in [0.05, 0.1) is 13.2 Å². The Bertz CT molecular complexity index is 802. The van der Waals surface area contributed by atoms with Crippen LogP contribution < -0.4 is 4.74 Å². The first-order chi connectivity index (χ1) is 13.1. The van der Waals surface area contributed by atoms with Gasteiger partial charge in [-0.2, -0.15) is 0 Å². The fourth-order valence-electron chi connectivity index (χ4n) is 2.96. The molecule has 0 spiro atoms. The Morgan fingerprint density at radius 2 is 1.74 bits per heavy atom. The van der Waals surface area contributed by atoms with Crippen molar-refractivity contribution in [2.75, 3.05) is 13.2 Å². The molecule has 0 atom stereocenters. The zero-order valence-corrected chi connectivity index (χ0v) is 16.9. The highest BCUT2D eigenvalue weighted by Gasteiger charge is 2.31. The van der Waals surface area contributed by atoms with Crippen LogP contribution in [0, 0.1) is 5.92 Å². The summed E-state index contributed by atoms with van der Waals surface area (Å²) in [5, 5.41) is 0. The largest absolute Gasteiger partial charge is 0.489 e. The SMILES string of the molecule is CCOP(=O)(/C=C(/c1cccc(OCc2ccccc2)c1)C1CC1)OCC. The van der Waals surface area contributed by atoms with Gasteiger partial charge >= 0.3 is 7.60 Å². The van der Waals surface area contributed by atoms with Gasteiger partial charge in [-0.3, -0.25) is 4.57 Å². The monoisotopic (exact) mass is 386 g/mol. The molecule has 4 nitrogen and oxygen atoms in total. The second-order valence-corrected chi connectivity index (χ2v) is 8.39. The van der Waals surface area contributed by atoms with E-state index in [2.05, 4.69) is 0 Å². The Morgan fingerprint density at radius 3 is 2.37 bits per heavy atom. The second-order valence-electron chi connectivity index (χ2n) is 6.54. The molecule has 0 N–H and O–H groups in total. The van der Waals surface area contributed by atoms with Crippen molar-refractivity contribution >= 4 is 13.2 Å². The molecule has 2 aromatic rings. The lowest BCUT2D eigenvalue weighted by Gasteiger charge is -2.16. The highest BCUT2D eigenvalue weighted by Crippen LogP contribution is 2.55. The Kier molecular flexibility index (Phi) is 6.89. The van der Waals surface area contributed by atoms with Crippen LogP contribution in [0.15, 0.2) is 60.4 Å². The molecule has 0 aromatic heterocycles. The summed E-state index contributed by atoms with van der Waals surface area (Å²) in [6.07, 6.45) is 2.19. The first-order valence-corrected chi connectivity index (χ1v) is 11.1. The van der Waals surface area contributed by atoms with E-state index >= 15 is 0 Å². The first kappa shape index (κ1) is 19.9. The van der Waals surface area contributed by atoms with Crippen molar-refractivity contribution in [3.8, 4) is 5.75 Å². The van der Waals surface area contributed by atoms with Gasteiger partial charge in [0, 0.05) is 5.82 Å². The molecule has 3 rings (SSSR count). The Hall–Kier alpha value is -1.87. The van der Waals surface area contributed by atoms with Crippen molar-refractivity contribution in [2.24, 2.45) is 5.92 Å². The Balaban J connectivity index is 1.81. The van der Waals surface area contributed by atoms with Crippen LogP contribution >= 0.6 is 7.60 Å². The minimum atomic E-state index is -3.24. The molecule has 0 unspecified atom stereocenters. The Labute approximate surface area is 161 Å². The molecule has 5 heteroatoms. The zero-order valence-electron chi connectivity index (χ0n) is 16.0. The van der Waals surface area contributed by atoms with Gasteiger partial charge in [-0.05, 0) is 61.4 Å². The first-order valence-electron chi connectivity index (χ1n) is 9.52. The van der Waals surface area contributed by atoms with E-state index < -0.39 is 7.60 Å². The van der Waals surface area contributed by atoms with Crippen LogP contribution in [-0.4, -0.2) is 13.2 Å². The average Bonchev–Trinajstić information content (AvgIpc) is 3.51. The fourth-order valence-corrected chi connectivity index (χ4v) is 4.60. The van der Waals surface area contributed by atoms with E-state index in [4.69, 9.17) is 13.8 Å². The van der Waals surface area contributed by atoms with Gasteiger partial charge in [-0.25, -0.2) is 0 Å². The molecule has 2 aromatic carbocycles. The summed E-state index contributed by atoms with van der Waals surface area (Å²) in [6, 6.07) is 18.0. The summed E-state index contributed by atoms with van der Waals surface area (Å²) in [7, 11) is -3.24. The summed E-state index contributed by atoms with van der Waals surface area (Å²) in [5.74, 6) is 2.92. The third kappa shape index (κ3) is 5.80. The van der Waals surface area contributed by atoms with E-state index in [0.717, 1.165) is 35.3 Å². The van der Waals surface area contributed by atoms with Crippen molar-refractivity contribution in [1.82, 2.24) is 0 Å². The zero-order chi connectivity index (χ0) is 19.1. The molecule has 27 heavy (non-hydrogen) atoms. The molecule has 144 valence electrons. The molecule has 1 aliphatic rings. The molecule has 0 aliphatic heterocycles. The van der Waals surface area contributed by atoms with E-state index in [0.29, 0.717) is 25.7 Å². The topological polar surface area (TPSA) is 44.8 Å². The average molecular weight is 386 g/mol. The highest BCUT2D eigenvalue weighted by atomic mass is 31.2. The van der Waals surface area contributed by atoms with E-state index in [1.54, 1.807) is 5.82 Å². The number of benzene rings is 2. The van der Waals surface area contributed by atoms with E-state index in [9.17, 15) is 4.57 Å². The summed E-state index contributed by atoms with van der Waals surface area (Å²) in [4.78, 5) is 0. The maximum Gasteiger partial charge on any atom is 0.354 e. The number of hydrogen-bond donors (Lipinski definition) is 0. The minimum absolute atomic E-state index is 0.353. The molecule has 0 saturated heterocycles. The molecule has 0 bridgehead atoms.